The summed E-state index contributed by atoms with van der Waals surface area (Å²) >= 11 is 5.91. The van der Waals surface area contributed by atoms with Gasteiger partial charge in [0, 0.05) is 17.3 Å². The molecule has 0 fully saturated rings. The van der Waals surface area contributed by atoms with E-state index in [0.717, 1.165) is 11.3 Å². The van der Waals surface area contributed by atoms with Crippen LogP contribution in [0, 0.1) is 0 Å². The molecule has 0 unspecified atom stereocenters. The summed E-state index contributed by atoms with van der Waals surface area (Å²) in [4.78, 5) is 0. The summed E-state index contributed by atoms with van der Waals surface area (Å²) in [5.41, 5.74) is 1.70. The number of rotatable bonds is 4. The summed E-state index contributed by atoms with van der Waals surface area (Å²) in [5, 5.41) is 8.97. The predicted molar refractivity (Wildman–Crippen MR) is 70.9 cm³/mol. The van der Waals surface area contributed by atoms with Crippen molar-refractivity contribution in [2.24, 2.45) is 16.0 Å². The molecule has 0 atom stereocenters. The summed E-state index contributed by atoms with van der Waals surface area (Å²) in [7, 11) is 0. The molecule has 5 heteroatoms. The van der Waals surface area contributed by atoms with Crippen LogP contribution in [-0.4, -0.2) is 13.1 Å². The van der Waals surface area contributed by atoms with Gasteiger partial charge >= 0.3 is 0 Å². The SMILES string of the molecule is C=N/N=C\N(N)c1ccc(Cl)cc1/C=C/C. The number of nitrogens with zero attached hydrogens (tertiary/aromatic N) is 3. The maximum atomic E-state index is 5.91. The number of hydrogen-bond acceptors (Lipinski definition) is 3. The van der Waals surface area contributed by atoms with Crippen LogP contribution in [0.3, 0.4) is 0 Å². The van der Waals surface area contributed by atoms with E-state index in [4.69, 9.17) is 17.4 Å². The van der Waals surface area contributed by atoms with Crippen molar-refractivity contribution >= 4 is 36.4 Å². The predicted octanol–water partition coefficient (Wildman–Crippen LogP) is 2.70. The lowest BCUT2D eigenvalue weighted by Crippen LogP contribution is -2.29. The topological polar surface area (TPSA) is 54.0 Å². The van der Waals surface area contributed by atoms with Crippen molar-refractivity contribution in [3.63, 3.8) is 0 Å². The van der Waals surface area contributed by atoms with Crippen LogP contribution in [0.15, 0.2) is 34.5 Å². The maximum absolute atomic E-state index is 5.91. The second-order valence-electron chi connectivity index (χ2n) is 2.98. The first-order valence-corrected chi connectivity index (χ1v) is 5.02. The zero-order valence-corrected chi connectivity index (χ0v) is 9.72. The fourth-order valence-corrected chi connectivity index (χ4v) is 1.41. The number of allylic oxidation sites excluding steroid dienone is 1. The van der Waals surface area contributed by atoms with Crippen LogP contribution in [-0.2, 0) is 0 Å². The summed E-state index contributed by atoms with van der Waals surface area (Å²) in [6.45, 7) is 5.16. The normalized spacial score (nSPS) is 11.2. The van der Waals surface area contributed by atoms with Crippen molar-refractivity contribution in [1.29, 1.82) is 0 Å². The number of anilines is 1. The van der Waals surface area contributed by atoms with Gasteiger partial charge in [0.25, 0.3) is 0 Å². The molecule has 1 rings (SSSR count). The van der Waals surface area contributed by atoms with Gasteiger partial charge in [-0.3, -0.25) is 5.01 Å². The molecule has 1 aromatic rings. The Labute approximate surface area is 99.7 Å². The van der Waals surface area contributed by atoms with E-state index in [-0.39, 0.29) is 0 Å². The first kappa shape index (κ1) is 12.4. The van der Waals surface area contributed by atoms with Gasteiger partial charge in [0.15, 0.2) is 0 Å². The number of hydrogen-bond donors (Lipinski definition) is 1. The average Bonchev–Trinajstić information content (AvgIpc) is 2.26. The molecule has 0 saturated carbocycles. The molecule has 0 amide bonds. The molecule has 0 aliphatic rings. The quantitative estimate of drug-likeness (QED) is 0.378. The second kappa shape index (κ2) is 6.05. The molecule has 16 heavy (non-hydrogen) atoms. The van der Waals surface area contributed by atoms with Gasteiger partial charge in [-0.2, -0.15) is 5.10 Å². The Morgan fingerprint density at radius 1 is 1.50 bits per heavy atom. The number of nitrogens with two attached hydrogens (primary N) is 1. The monoisotopic (exact) mass is 236 g/mol. The molecule has 0 heterocycles. The van der Waals surface area contributed by atoms with Gasteiger partial charge in [-0.15, -0.1) is 5.10 Å². The Morgan fingerprint density at radius 2 is 2.25 bits per heavy atom. The fraction of sp³-hybridized carbons (Fsp3) is 0.0909. The Morgan fingerprint density at radius 3 is 2.88 bits per heavy atom. The van der Waals surface area contributed by atoms with Gasteiger partial charge in [-0.25, -0.2) is 5.84 Å². The highest BCUT2D eigenvalue weighted by molar-refractivity contribution is 6.30. The summed E-state index contributed by atoms with van der Waals surface area (Å²) in [5.74, 6) is 5.78. The minimum atomic E-state index is 0.657. The lowest BCUT2D eigenvalue weighted by atomic mass is 10.1. The zero-order valence-electron chi connectivity index (χ0n) is 8.97. The largest absolute Gasteiger partial charge is 0.266 e. The van der Waals surface area contributed by atoms with Crippen molar-refractivity contribution in [2.45, 2.75) is 6.92 Å². The van der Waals surface area contributed by atoms with E-state index >= 15 is 0 Å². The minimum absolute atomic E-state index is 0.657. The molecule has 0 aliphatic carbocycles. The van der Waals surface area contributed by atoms with Crippen LogP contribution in [0.25, 0.3) is 6.08 Å². The molecule has 2 N–H and O–H groups in total. The maximum Gasteiger partial charge on any atom is 0.132 e. The van der Waals surface area contributed by atoms with Crippen LogP contribution >= 0.6 is 11.6 Å². The fourth-order valence-electron chi connectivity index (χ4n) is 1.23. The highest BCUT2D eigenvalue weighted by atomic mass is 35.5. The van der Waals surface area contributed by atoms with Crippen LogP contribution < -0.4 is 10.9 Å². The third-order valence-corrected chi connectivity index (χ3v) is 2.11. The third-order valence-electron chi connectivity index (χ3n) is 1.87. The molecule has 1 aromatic carbocycles. The van der Waals surface area contributed by atoms with Crippen LogP contribution in [0.4, 0.5) is 5.69 Å². The van der Waals surface area contributed by atoms with Crippen LogP contribution in [0.1, 0.15) is 12.5 Å². The Bertz CT molecular complexity index is 426. The second-order valence-corrected chi connectivity index (χ2v) is 3.42. The van der Waals surface area contributed by atoms with Crippen molar-refractivity contribution in [3.05, 3.63) is 34.9 Å². The number of hydrazine groups is 1. The Hall–Kier alpha value is -1.65. The van der Waals surface area contributed by atoms with Crippen molar-refractivity contribution < 1.29 is 0 Å². The van der Waals surface area contributed by atoms with Crippen LogP contribution in [0.5, 0.6) is 0 Å². The van der Waals surface area contributed by atoms with E-state index in [9.17, 15) is 0 Å². The van der Waals surface area contributed by atoms with Crippen molar-refractivity contribution in [2.75, 3.05) is 5.01 Å². The van der Waals surface area contributed by atoms with E-state index in [1.165, 1.54) is 11.3 Å². The number of halogens is 1. The van der Waals surface area contributed by atoms with Gasteiger partial charge in [-0.05, 0) is 25.1 Å². The Balaban J connectivity index is 3.11. The van der Waals surface area contributed by atoms with Gasteiger partial charge in [-0.1, -0.05) is 23.8 Å². The highest BCUT2D eigenvalue weighted by Crippen LogP contribution is 2.23. The van der Waals surface area contributed by atoms with E-state index in [2.05, 4.69) is 16.9 Å². The average molecular weight is 237 g/mol. The van der Waals surface area contributed by atoms with Gasteiger partial charge in [0.2, 0.25) is 0 Å². The van der Waals surface area contributed by atoms with Gasteiger partial charge < -0.3 is 0 Å². The van der Waals surface area contributed by atoms with E-state index < -0.39 is 0 Å². The van der Waals surface area contributed by atoms with Gasteiger partial charge in [0.1, 0.15) is 6.34 Å². The van der Waals surface area contributed by atoms with Crippen molar-refractivity contribution in [1.82, 2.24) is 0 Å². The van der Waals surface area contributed by atoms with Crippen LogP contribution in [0.2, 0.25) is 5.02 Å². The van der Waals surface area contributed by atoms with Crippen molar-refractivity contribution in [3.8, 4) is 0 Å². The number of benzene rings is 1. The Kier molecular flexibility index (Phi) is 4.69. The van der Waals surface area contributed by atoms with E-state index in [1.807, 2.05) is 31.2 Å². The first-order chi connectivity index (χ1) is 7.69. The van der Waals surface area contributed by atoms with E-state index in [1.54, 1.807) is 6.07 Å². The van der Waals surface area contributed by atoms with Gasteiger partial charge in [0.05, 0.1) is 5.69 Å². The molecular formula is C11H13ClN4. The summed E-state index contributed by atoms with van der Waals surface area (Å²) in [6.07, 6.45) is 5.20. The molecule has 0 aliphatic heterocycles. The standard InChI is InChI=1S/C11H13ClN4/c1-3-4-9-7-10(12)5-6-11(9)16(13)8-15-14-2/h3-8H,2,13H2,1H3/b4-3+,15-8-. The molecule has 0 bridgehead atoms. The third kappa shape index (κ3) is 3.18. The molecule has 0 radical (unpaired) electrons. The lowest BCUT2D eigenvalue weighted by Gasteiger charge is -2.15. The molecule has 84 valence electrons. The molecule has 0 saturated heterocycles. The first-order valence-electron chi connectivity index (χ1n) is 4.64. The molecule has 4 nitrogen and oxygen atoms in total. The smallest absolute Gasteiger partial charge is 0.132 e. The highest BCUT2D eigenvalue weighted by Gasteiger charge is 2.04. The summed E-state index contributed by atoms with van der Waals surface area (Å²) in [6, 6.07) is 5.40. The zero-order chi connectivity index (χ0) is 12.0. The molecule has 0 aromatic heterocycles. The lowest BCUT2D eigenvalue weighted by molar-refractivity contribution is 1.12. The molecule has 0 spiro atoms. The van der Waals surface area contributed by atoms with E-state index in [0.29, 0.717) is 5.02 Å². The summed E-state index contributed by atoms with van der Waals surface area (Å²) < 4.78 is 0. The minimum Gasteiger partial charge on any atom is -0.266 e. The molecular weight excluding hydrogens is 224 g/mol.